The lowest BCUT2D eigenvalue weighted by molar-refractivity contribution is -0.144. The maximum Gasteiger partial charge on any atom is 0.416 e. The highest BCUT2D eigenvalue weighted by molar-refractivity contribution is 7.80. The van der Waals surface area contributed by atoms with Gasteiger partial charge in [-0.25, -0.2) is 0 Å². The monoisotopic (exact) mass is 375 g/mol. The fourth-order valence-electron chi connectivity index (χ4n) is 2.37. The molecule has 1 aromatic carbocycles. The summed E-state index contributed by atoms with van der Waals surface area (Å²) < 4.78 is 42.9. The van der Waals surface area contributed by atoms with Crippen molar-refractivity contribution < 1.29 is 27.5 Å². The van der Waals surface area contributed by atoms with E-state index in [0.29, 0.717) is 13.1 Å². The number of hydrogen-bond donors (Lipinski definition) is 2. The number of amides is 1. The van der Waals surface area contributed by atoms with Crippen molar-refractivity contribution in [2.24, 2.45) is 0 Å². The number of thiocarbonyl (C=S) groups is 1. The van der Waals surface area contributed by atoms with Crippen molar-refractivity contribution in [2.45, 2.75) is 18.6 Å². The van der Waals surface area contributed by atoms with Gasteiger partial charge in [0.05, 0.1) is 19.1 Å². The SMILES string of the molecule is COC(=O)C[C@@H]1C(=O)NCCN1C(=S)Nc1cccc(C(F)(F)F)c1. The zero-order valence-electron chi connectivity index (χ0n) is 13.2. The Balaban J connectivity index is 2.15. The minimum atomic E-state index is -4.47. The van der Waals surface area contributed by atoms with Gasteiger partial charge in [0.1, 0.15) is 6.04 Å². The number of benzene rings is 1. The molecule has 6 nitrogen and oxygen atoms in total. The number of piperazine rings is 1. The van der Waals surface area contributed by atoms with Crippen molar-refractivity contribution >= 4 is 34.9 Å². The van der Waals surface area contributed by atoms with Gasteiger partial charge in [-0.2, -0.15) is 13.2 Å². The highest BCUT2D eigenvalue weighted by Crippen LogP contribution is 2.30. The minimum absolute atomic E-state index is 0.0584. The summed E-state index contributed by atoms with van der Waals surface area (Å²) in [4.78, 5) is 25.0. The summed E-state index contributed by atoms with van der Waals surface area (Å²) in [5, 5.41) is 5.36. The lowest BCUT2D eigenvalue weighted by atomic mass is 10.1. The first-order valence-electron chi connectivity index (χ1n) is 7.32. The van der Waals surface area contributed by atoms with E-state index < -0.39 is 29.7 Å². The van der Waals surface area contributed by atoms with Crippen molar-refractivity contribution in [3.05, 3.63) is 29.8 Å². The summed E-state index contributed by atoms with van der Waals surface area (Å²) in [6.07, 6.45) is -4.69. The van der Waals surface area contributed by atoms with Crippen molar-refractivity contribution in [1.82, 2.24) is 10.2 Å². The number of anilines is 1. The first-order chi connectivity index (χ1) is 11.7. The lowest BCUT2D eigenvalue weighted by Gasteiger charge is -2.36. The first-order valence-corrected chi connectivity index (χ1v) is 7.72. The number of carbonyl (C=O) groups is 2. The molecule has 0 bridgehead atoms. The van der Waals surface area contributed by atoms with Crippen LogP contribution in [0.25, 0.3) is 0 Å². The van der Waals surface area contributed by atoms with Gasteiger partial charge in [0.2, 0.25) is 5.91 Å². The van der Waals surface area contributed by atoms with Crippen LogP contribution in [0.4, 0.5) is 18.9 Å². The van der Waals surface area contributed by atoms with Crippen LogP contribution in [-0.4, -0.2) is 48.1 Å². The molecule has 0 spiro atoms. The lowest BCUT2D eigenvalue weighted by Crippen LogP contribution is -2.58. The smallest absolute Gasteiger partial charge is 0.416 e. The normalized spacial score (nSPS) is 17.7. The molecule has 2 rings (SSSR count). The van der Waals surface area contributed by atoms with E-state index in [-0.39, 0.29) is 17.2 Å². The number of rotatable bonds is 3. The Labute approximate surface area is 147 Å². The Bertz CT molecular complexity index is 681. The van der Waals surface area contributed by atoms with Gasteiger partial charge in [-0.3, -0.25) is 9.59 Å². The van der Waals surface area contributed by atoms with Crippen molar-refractivity contribution in [3.63, 3.8) is 0 Å². The molecule has 1 atom stereocenters. The molecule has 136 valence electrons. The largest absolute Gasteiger partial charge is 0.469 e. The van der Waals surface area contributed by atoms with Gasteiger partial charge >= 0.3 is 12.1 Å². The molecule has 0 radical (unpaired) electrons. The van der Waals surface area contributed by atoms with Crippen molar-refractivity contribution in [2.75, 3.05) is 25.5 Å². The Morgan fingerprint density at radius 1 is 1.48 bits per heavy atom. The van der Waals surface area contributed by atoms with E-state index in [2.05, 4.69) is 15.4 Å². The molecule has 1 amide bonds. The third-order valence-corrected chi connectivity index (χ3v) is 3.96. The van der Waals surface area contributed by atoms with Crippen LogP contribution >= 0.6 is 12.2 Å². The highest BCUT2D eigenvalue weighted by Gasteiger charge is 2.34. The van der Waals surface area contributed by atoms with Crippen LogP contribution in [0.1, 0.15) is 12.0 Å². The van der Waals surface area contributed by atoms with E-state index in [1.807, 2.05) is 0 Å². The highest BCUT2D eigenvalue weighted by atomic mass is 32.1. The van der Waals surface area contributed by atoms with E-state index in [9.17, 15) is 22.8 Å². The molecule has 0 aromatic heterocycles. The quantitative estimate of drug-likeness (QED) is 0.620. The molecule has 1 aromatic rings. The van der Waals surface area contributed by atoms with E-state index in [1.165, 1.54) is 24.1 Å². The van der Waals surface area contributed by atoms with Gasteiger partial charge in [0.25, 0.3) is 0 Å². The third kappa shape index (κ3) is 4.81. The summed E-state index contributed by atoms with van der Waals surface area (Å²) in [7, 11) is 1.20. The second-order valence-electron chi connectivity index (χ2n) is 5.29. The van der Waals surface area contributed by atoms with E-state index >= 15 is 0 Å². The molecule has 1 saturated heterocycles. The van der Waals surface area contributed by atoms with Crippen LogP contribution in [0.3, 0.4) is 0 Å². The molecular formula is C15H16F3N3O3S. The number of ether oxygens (including phenoxy) is 1. The molecule has 0 unspecified atom stereocenters. The fraction of sp³-hybridized carbons (Fsp3) is 0.400. The van der Waals surface area contributed by atoms with Crippen LogP contribution in [0.5, 0.6) is 0 Å². The number of hydrogen-bond acceptors (Lipinski definition) is 4. The van der Waals surface area contributed by atoms with Gasteiger partial charge in [-0.15, -0.1) is 0 Å². The second kappa shape index (κ2) is 7.68. The molecular weight excluding hydrogens is 359 g/mol. The number of esters is 1. The maximum atomic E-state index is 12.8. The minimum Gasteiger partial charge on any atom is -0.469 e. The molecule has 1 heterocycles. The summed E-state index contributed by atoms with van der Waals surface area (Å²) in [5.41, 5.74) is -0.676. The van der Waals surface area contributed by atoms with Gasteiger partial charge in [-0.05, 0) is 30.4 Å². The zero-order chi connectivity index (χ0) is 18.6. The number of nitrogens with one attached hydrogen (secondary N) is 2. The van der Waals surface area contributed by atoms with Crippen molar-refractivity contribution in [1.29, 1.82) is 0 Å². The Morgan fingerprint density at radius 2 is 2.20 bits per heavy atom. The van der Waals surface area contributed by atoms with Crippen molar-refractivity contribution in [3.8, 4) is 0 Å². The Morgan fingerprint density at radius 3 is 2.84 bits per heavy atom. The first kappa shape index (κ1) is 19.0. The van der Waals surface area contributed by atoms with E-state index in [1.54, 1.807) is 0 Å². The second-order valence-corrected chi connectivity index (χ2v) is 5.68. The summed E-state index contributed by atoms with van der Waals surface area (Å²) in [6, 6.07) is 3.67. The zero-order valence-corrected chi connectivity index (χ0v) is 14.0. The van der Waals surface area contributed by atoms with Gasteiger partial charge in [0.15, 0.2) is 5.11 Å². The van der Waals surface area contributed by atoms with Crippen LogP contribution in [0.15, 0.2) is 24.3 Å². The molecule has 25 heavy (non-hydrogen) atoms. The van der Waals surface area contributed by atoms with Gasteiger partial charge in [-0.1, -0.05) is 6.07 Å². The number of methoxy groups -OCH3 is 1. The summed E-state index contributed by atoms with van der Waals surface area (Å²) in [5.74, 6) is -0.987. The van der Waals surface area contributed by atoms with Crippen LogP contribution in [-0.2, 0) is 20.5 Å². The number of carbonyl (C=O) groups excluding carboxylic acids is 2. The standard InChI is InChI=1S/C15H16F3N3O3S/c1-24-12(22)8-11-13(23)19-5-6-21(11)14(25)20-10-4-2-3-9(7-10)15(16,17)18/h2-4,7,11H,5-6,8H2,1H3,(H,19,23)(H,20,25)/t11-/m1/s1. The Kier molecular flexibility index (Phi) is 5.83. The number of halogens is 3. The van der Waals surface area contributed by atoms with Gasteiger partial charge < -0.3 is 20.3 Å². The van der Waals surface area contributed by atoms with Crippen LogP contribution < -0.4 is 10.6 Å². The van der Waals surface area contributed by atoms with Gasteiger partial charge in [0, 0.05) is 18.8 Å². The molecule has 1 aliphatic rings. The number of alkyl halides is 3. The third-order valence-electron chi connectivity index (χ3n) is 3.62. The Hall–Kier alpha value is -2.36. The maximum absolute atomic E-state index is 12.8. The molecule has 2 N–H and O–H groups in total. The molecule has 1 fully saturated rings. The van der Waals surface area contributed by atoms with E-state index in [4.69, 9.17) is 12.2 Å². The summed E-state index contributed by atoms with van der Waals surface area (Å²) in [6.45, 7) is 0.624. The average Bonchev–Trinajstić information content (AvgIpc) is 2.55. The molecule has 10 heteroatoms. The number of nitrogens with zero attached hydrogens (tertiary/aromatic N) is 1. The molecule has 0 aliphatic carbocycles. The topological polar surface area (TPSA) is 70.7 Å². The predicted molar refractivity (Wildman–Crippen MR) is 87.8 cm³/mol. The molecule has 0 saturated carbocycles. The molecule has 1 aliphatic heterocycles. The van der Waals surface area contributed by atoms with E-state index in [0.717, 1.165) is 12.1 Å². The van der Waals surface area contributed by atoms with Crippen LogP contribution in [0, 0.1) is 0 Å². The average molecular weight is 375 g/mol. The summed E-state index contributed by atoms with van der Waals surface area (Å²) >= 11 is 5.21. The van der Waals surface area contributed by atoms with Crippen LogP contribution in [0.2, 0.25) is 0 Å². The predicted octanol–water partition coefficient (Wildman–Crippen LogP) is 1.77. The fourth-order valence-corrected chi connectivity index (χ4v) is 2.71.